The number of H-pyrrole nitrogens is 1. The van der Waals surface area contributed by atoms with Crippen LogP contribution in [0.2, 0.25) is 0 Å². The van der Waals surface area contributed by atoms with Crippen LogP contribution in [0.15, 0.2) is 71.7 Å². The number of nitrogens with one attached hydrogen (secondary N) is 2. The van der Waals surface area contributed by atoms with Crippen molar-refractivity contribution < 1.29 is 9.59 Å². The van der Waals surface area contributed by atoms with Gasteiger partial charge in [0.1, 0.15) is 6.04 Å². The first-order valence-corrected chi connectivity index (χ1v) is 10.2. The molecule has 6 heteroatoms. The Hall–Kier alpha value is -3.67. The van der Waals surface area contributed by atoms with Gasteiger partial charge in [0.2, 0.25) is 5.56 Å². The molecule has 0 unspecified atom stereocenters. The van der Waals surface area contributed by atoms with Crippen LogP contribution in [0.25, 0.3) is 0 Å². The largest absolute Gasteiger partial charge is 0.328 e. The van der Waals surface area contributed by atoms with Gasteiger partial charge in [0, 0.05) is 25.0 Å². The fourth-order valence-electron chi connectivity index (χ4n) is 3.33. The number of likely N-dealkylation sites (N-methyl/N-ethyl adjacent to an activating group) is 1. The van der Waals surface area contributed by atoms with E-state index >= 15 is 0 Å². The molecule has 1 heterocycles. The second kappa shape index (κ2) is 9.43. The highest BCUT2D eigenvalue weighted by atomic mass is 16.2. The van der Waals surface area contributed by atoms with Crippen LogP contribution in [-0.2, 0) is 4.79 Å². The molecular formula is C25H27N3O3. The molecule has 1 atom stereocenters. The summed E-state index contributed by atoms with van der Waals surface area (Å²) in [6.45, 7) is 6.18. The van der Waals surface area contributed by atoms with Gasteiger partial charge in [-0.1, -0.05) is 55.8 Å². The average molecular weight is 418 g/mol. The molecule has 6 nitrogen and oxygen atoms in total. The van der Waals surface area contributed by atoms with Crippen LogP contribution in [0, 0.1) is 6.92 Å². The summed E-state index contributed by atoms with van der Waals surface area (Å²) >= 11 is 0. The standard InChI is InChI=1S/C25H27N3O3/c1-16(2)18-9-12-21(13-10-18)27-24(30)23(19-7-5-17(3)6-8-19)28(4)25(31)20-11-14-22(29)26-15-20/h5-16,23H,1-4H3,(H,26,29)(H,27,30)/t23-/m0/s1. The molecule has 0 radical (unpaired) electrons. The van der Waals surface area contributed by atoms with E-state index in [4.69, 9.17) is 0 Å². The lowest BCUT2D eigenvalue weighted by atomic mass is 10.0. The SMILES string of the molecule is Cc1ccc([C@@H](C(=O)Nc2ccc(C(C)C)cc2)N(C)C(=O)c2ccc(=O)[nH]c2)cc1. The minimum atomic E-state index is -0.843. The van der Waals surface area contributed by atoms with Gasteiger partial charge in [-0.2, -0.15) is 0 Å². The second-order valence-corrected chi connectivity index (χ2v) is 7.94. The molecule has 31 heavy (non-hydrogen) atoms. The number of aromatic amines is 1. The molecule has 3 aromatic rings. The summed E-state index contributed by atoms with van der Waals surface area (Å²) in [4.78, 5) is 41.5. The normalized spacial score (nSPS) is 11.8. The van der Waals surface area contributed by atoms with Crippen LogP contribution in [0.4, 0.5) is 5.69 Å². The van der Waals surface area contributed by atoms with E-state index in [2.05, 4.69) is 24.1 Å². The number of hydrogen-bond acceptors (Lipinski definition) is 3. The lowest BCUT2D eigenvalue weighted by Gasteiger charge is -2.28. The third-order valence-corrected chi connectivity index (χ3v) is 5.23. The molecule has 0 saturated carbocycles. The maximum Gasteiger partial charge on any atom is 0.256 e. The number of aromatic nitrogens is 1. The van der Waals surface area contributed by atoms with Gasteiger partial charge in [-0.3, -0.25) is 14.4 Å². The van der Waals surface area contributed by atoms with Crippen LogP contribution < -0.4 is 10.9 Å². The molecule has 0 saturated heterocycles. The summed E-state index contributed by atoms with van der Waals surface area (Å²) in [5, 5.41) is 2.93. The third kappa shape index (κ3) is 5.28. The number of carbonyl (C=O) groups excluding carboxylic acids is 2. The van der Waals surface area contributed by atoms with Crippen molar-refractivity contribution in [3.05, 3.63) is 99.5 Å². The number of benzene rings is 2. The molecule has 160 valence electrons. The van der Waals surface area contributed by atoms with E-state index < -0.39 is 6.04 Å². The van der Waals surface area contributed by atoms with Crippen molar-refractivity contribution in [1.82, 2.24) is 9.88 Å². The number of anilines is 1. The van der Waals surface area contributed by atoms with Crippen molar-refractivity contribution in [2.75, 3.05) is 12.4 Å². The lowest BCUT2D eigenvalue weighted by Crippen LogP contribution is -2.38. The van der Waals surface area contributed by atoms with Crippen molar-refractivity contribution in [2.45, 2.75) is 32.7 Å². The molecule has 3 rings (SSSR count). The fourth-order valence-corrected chi connectivity index (χ4v) is 3.33. The van der Waals surface area contributed by atoms with Crippen molar-refractivity contribution in [1.29, 1.82) is 0 Å². The van der Waals surface area contributed by atoms with Crippen LogP contribution in [0.5, 0.6) is 0 Å². The summed E-state index contributed by atoms with van der Waals surface area (Å²) in [5.74, 6) is -0.292. The smallest absolute Gasteiger partial charge is 0.256 e. The highest BCUT2D eigenvalue weighted by molar-refractivity contribution is 6.01. The molecule has 0 aliphatic heterocycles. The Kier molecular flexibility index (Phi) is 6.70. The Morgan fingerprint density at radius 2 is 1.52 bits per heavy atom. The minimum Gasteiger partial charge on any atom is -0.328 e. The Morgan fingerprint density at radius 3 is 2.06 bits per heavy atom. The van der Waals surface area contributed by atoms with E-state index in [9.17, 15) is 14.4 Å². The average Bonchev–Trinajstić information content (AvgIpc) is 2.75. The lowest BCUT2D eigenvalue weighted by molar-refractivity contribution is -0.120. The predicted octanol–water partition coefficient (Wildman–Crippen LogP) is 4.26. The van der Waals surface area contributed by atoms with E-state index in [1.54, 1.807) is 7.05 Å². The zero-order chi connectivity index (χ0) is 22.5. The number of aryl methyl sites for hydroxylation is 1. The maximum atomic E-state index is 13.3. The Balaban J connectivity index is 1.90. The number of nitrogens with zero attached hydrogens (tertiary/aromatic N) is 1. The monoisotopic (exact) mass is 417 g/mol. The van der Waals surface area contributed by atoms with Crippen molar-refractivity contribution >= 4 is 17.5 Å². The van der Waals surface area contributed by atoms with Gasteiger partial charge in [-0.15, -0.1) is 0 Å². The molecule has 2 N–H and O–H groups in total. The van der Waals surface area contributed by atoms with Crippen molar-refractivity contribution in [2.24, 2.45) is 0 Å². The van der Waals surface area contributed by atoms with Crippen LogP contribution in [0.3, 0.4) is 0 Å². The highest BCUT2D eigenvalue weighted by Crippen LogP contribution is 2.25. The second-order valence-electron chi connectivity index (χ2n) is 7.94. The molecule has 0 aliphatic rings. The van der Waals surface area contributed by atoms with Gasteiger partial charge >= 0.3 is 0 Å². The summed E-state index contributed by atoms with van der Waals surface area (Å²) in [6, 6.07) is 17.1. The first-order chi connectivity index (χ1) is 14.8. The third-order valence-electron chi connectivity index (χ3n) is 5.23. The molecule has 2 aromatic carbocycles. The summed E-state index contributed by atoms with van der Waals surface area (Å²) < 4.78 is 0. The van der Waals surface area contributed by atoms with Gasteiger partial charge in [-0.05, 0) is 42.2 Å². The zero-order valence-corrected chi connectivity index (χ0v) is 18.2. The van der Waals surface area contributed by atoms with Crippen molar-refractivity contribution in [3.63, 3.8) is 0 Å². The molecule has 0 aliphatic carbocycles. The summed E-state index contributed by atoms with van der Waals surface area (Å²) in [5.41, 5.74) is 3.60. The predicted molar refractivity (Wildman–Crippen MR) is 122 cm³/mol. The van der Waals surface area contributed by atoms with Gasteiger partial charge in [0.25, 0.3) is 11.8 Å². The minimum absolute atomic E-state index is 0.295. The maximum absolute atomic E-state index is 13.3. The molecule has 2 amide bonds. The zero-order valence-electron chi connectivity index (χ0n) is 18.2. The quantitative estimate of drug-likeness (QED) is 0.629. The van der Waals surface area contributed by atoms with Crippen LogP contribution in [0.1, 0.15) is 52.9 Å². The van der Waals surface area contributed by atoms with E-state index in [0.717, 1.165) is 5.56 Å². The summed E-state index contributed by atoms with van der Waals surface area (Å²) in [6.07, 6.45) is 1.36. The van der Waals surface area contributed by atoms with Gasteiger partial charge in [-0.25, -0.2) is 0 Å². The first kappa shape index (κ1) is 22.0. The molecule has 0 fully saturated rings. The van der Waals surface area contributed by atoms with Gasteiger partial charge in [0.15, 0.2) is 0 Å². The number of carbonyl (C=O) groups is 2. The molecule has 0 spiro atoms. The van der Waals surface area contributed by atoms with E-state index in [1.165, 1.54) is 28.8 Å². The Bertz CT molecular complexity index is 1100. The molecule has 0 bridgehead atoms. The molecular weight excluding hydrogens is 390 g/mol. The van der Waals surface area contributed by atoms with Gasteiger partial charge < -0.3 is 15.2 Å². The number of hydrogen-bond donors (Lipinski definition) is 2. The summed E-state index contributed by atoms with van der Waals surface area (Å²) in [7, 11) is 1.58. The fraction of sp³-hybridized carbons (Fsp3) is 0.240. The van der Waals surface area contributed by atoms with E-state index in [-0.39, 0.29) is 17.4 Å². The van der Waals surface area contributed by atoms with E-state index in [0.29, 0.717) is 22.7 Å². The first-order valence-electron chi connectivity index (χ1n) is 10.2. The topological polar surface area (TPSA) is 82.3 Å². The number of rotatable bonds is 6. The molecule has 1 aromatic heterocycles. The highest BCUT2D eigenvalue weighted by Gasteiger charge is 2.29. The Labute approximate surface area is 181 Å². The van der Waals surface area contributed by atoms with E-state index in [1.807, 2.05) is 55.5 Å². The van der Waals surface area contributed by atoms with Crippen LogP contribution in [-0.4, -0.2) is 28.7 Å². The number of pyridine rings is 1. The Morgan fingerprint density at radius 1 is 0.903 bits per heavy atom. The van der Waals surface area contributed by atoms with Crippen LogP contribution >= 0.6 is 0 Å². The van der Waals surface area contributed by atoms with Gasteiger partial charge in [0.05, 0.1) is 5.56 Å². The van der Waals surface area contributed by atoms with Crippen molar-refractivity contribution in [3.8, 4) is 0 Å². The number of amides is 2.